The third-order valence-corrected chi connectivity index (χ3v) is 2.14. The number of carbonyl (C=O) groups is 3. The normalized spacial score (nSPS) is 10.8. The minimum Gasteiger partial charge on any atom is -0.480 e. The van der Waals surface area contributed by atoms with Crippen LogP contribution in [0.2, 0.25) is 0 Å². The number of primary amides is 1. The molecule has 0 atom stereocenters. The van der Waals surface area contributed by atoms with Crippen LogP contribution < -0.4 is 11.1 Å². The SMILES string of the molecule is CCCN(CC(=O)O)C(=O)NC(C)(C)C(N)=O. The van der Waals surface area contributed by atoms with Gasteiger partial charge in [-0.05, 0) is 20.3 Å². The number of urea groups is 1. The van der Waals surface area contributed by atoms with E-state index in [-0.39, 0.29) is 0 Å². The first-order valence-corrected chi connectivity index (χ1v) is 5.29. The fourth-order valence-electron chi connectivity index (χ4n) is 1.09. The molecule has 7 nitrogen and oxygen atoms in total. The van der Waals surface area contributed by atoms with Crippen molar-refractivity contribution in [1.82, 2.24) is 10.2 Å². The van der Waals surface area contributed by atoms with E-state index >= 15 is 0 Å². The predicted molar refractivity (Wildman–Crippen MR) is 61.3 cm³/mol. The number of nitrogens with one attached hydrogen (secondary N) is 1. The summed E-state index contributed by atoms with van der Waals surface area (Å²) >= 11 is 0. The van der Waals surface area contributed by atoms with Crippen molar-refractivity contribution in [3.05, 3.63) is 0 Å². The zero-order chi connectivity index (χ0) is 13.6. The van der Waals surface area contributed by atoms with E-state index in [1.165, 1.54) is 13.8 Å². The van der Waals surface area contributed by atoms with Crippen LogP contribution in [0.1, 0.15) is 27.2 Å². The Hall–Kier alpha value is -1.79. The number of hydrogen-bond acceptors (Lipinski definition) is 3. The number of amides is 3. The van der Waals surface area contributed by atoms with E-state index in [1.807, 2.05) is 6.92 Å². The quantitative estimate of drug-likeness (QED) is 0.599. The lowest BCUT2D eigenvalue weighted by Gasteiger charge is -2.27. The van der Waals surface area contributed by atoms with Crippen molar-refractivity contribution in [2.24, 2.45) is 5.73 Å². The second kappa shape index (κ2) is 6.07. The summed E-state index contributed by atoms with van der Waals surface area (Å²) in [6.45, 7) is 4.62. The Balaban J connectivity index is 4.62. The van der Waals surface area contributed by atoms with Crippen molar-refractivity contribution >= 4 is 17.9 Å². The molecule has 0 saturated carbocycles. The van der Waals surface area contributed by atoms with Crippen molar-refractivity contribution in [3.8, 4) is 0 Å². The molecule has 0 spiro atoms. The van der Waals surface area contributed by atoms with E-state index < -0.39 is 30.0 Å². The molecule has 0 aromatic carbocycles. The van der Waals surface area contributed by atoms with Gasteiger partial charge in [0.15, 0.2) is 0 Å². The topological polar surface area (TPSA) is 113 Å². The maximum atomic E-state index is 11.7. The molecule has 0 aliphatic carbocycles. The first-order chi connectivity index (χ1) is 7.70. The third-order valence-electron chi connectivity index (χ3n) is 2.14. The molecule has 0 aliphatic heterocycles. The van der Waals surface area contributed by atoms with Gasteiger partial charge in [-0.2, -0.15) is 0 Å². The van der Waals surface area contributed by atoms with Crippen molar-refractivity contribution in [1.29, 1.82) is 0 Å². The van der Waals surface area contributed by atoms with Gasteiger partial charge in [-0.1, -0.05) is 6.92 Å². The van der Waals surface area contributed by atoms with Gasteiger partial charge in [-0.25, -0.2) is 4.79 Å². The molecule has 3 amide bonds. The second-order valence-corrected chi connectivity index (χ2v) is 4.23. The van der Waals surface area contributed by atoms with Gasteiger partial charge in [-0.3, -0.25) is 9.59 Å². The highest BCUT2D eigenvalue weighted by Gasteiger charge is 2.29. The van der Waals surface area contributed by atoms with E-state index in [4.69, 9.17) is 10.8 Å². The molecule has 0 rings (SSSR count). The highest BCUT2D eigenvalue weighted by atomic mass is 16.4. The number of nitrogens with zero attached hydrogens (tertiary/aromatic N) is 1. The van der Waals surface area contributed by atoms with E-state index in [2.05, 4.69) is 5.32 Å². The zero-order valence-corrected chi connectivity index (χ0v) is 10.3. The smallest absolute Gasteiger partial charge is 0.323 e. The number of carboxylic acid groups (broad SMARTS) is 1. The Morgan fingerprint density at radius 2 is 1.88 bits per heavy atom. The summed E-state index contributed by atoms with van der Waals surface area (Å²) in [6, 6.07) is -0.613. The summed E-state index contributed by atoms with van der Waals surface area (Å²) < 4.78 is 0. The summed E-state index contributed by atoms with van der Waals surface area (Å²) in [5, 5.41) is 11.0. The molecule has 0 fully saturated rings. The molecule has 0 bridgehead atoms. The lowest BCUT2D eigenvalue weighted by Crippen LogP contribution is -2.57. The van der Waals surface area contributed by atoms with Crippen LogP contribution in [0.15, 0.2) is 0 Å². The molecule has 0 heterocycles. The van der Waals surface area contributed by atoms with Crippen molar-refractivity contribution in [2.45, 2.75) is 32.7 Å². The number of rotatable bonds is 6. The lowest BCUT2D eigenvalue weighted by molar-refractivity contribution is -0.137. The Labute approximate surface area is 100.0 Å². The molecular formula is C10H19N3O4. The molecule has 0 radical (unpaired) electrons. The van der Waals surface area contributed by atoms with Crippen LogP contribution in [0.4, 0.5) is 4.79 Å². The first-order valence-electron chi connectivity index (χ1n) is 5.29. The average Bonchev–Trinajstić information content (AvgIpc) is 2.15. The molecule has 0 saturated heterocycles. The number of carbonyl (C=O) groups excluding carboxylic acids is 2. The van der Waals surface area contributed by atoms with Gasteiger partial charge in [-0.15, -0.1) is 0 Å². The van der Waals surface area contributed by atoms with E-state index in [9.17, 15) is 14.4 Å². The fraction of sp³-hybridized carbons (Fsp3) is 0.700. The van der Waals surface area contributed by atoms with Crippen LogP contribution in [-0.4, -0.2) is 46.5 Å². The maximum absolute atomic E-state index is 11.7. The summed E-state index contributed by atoms with van der Waals surface area (Å²) in [4.78, 5) is 34.5. The van der Waals surface area contributed by atoms with Gasteiger partial charge in [0.2, 0.25) is 5.91 Å². The summed E-state index contributed by atoms with van der Waals surface area (Å²) in [5.41, 5.74) is 3.90. The van der Waals surface area contributed by atoms with Crippen molar-refractivity contribution < 1.29 is 19.5 Å². The van der Waals surface area contributed by atoms with Crippen LogP contribution in [-0.2, 0) is 9.59 Å². The average molecular weight is 245 g/mol. The minimum atomic E-state index is -1.21. The van der Waals surface area contributed by atoms with Gasteiger partial charge in [0, 0.05) is 6.54 Å². The van der Waals surface area contributed by atoms with Crippen LogP contribution in [0.3, 0.4) is 0 Å². The van der Waals surface area contributed by atoms with Crippen LogP contribution in [0.5, 0.6) is 0 Å². The predicted octanol–water partition coefficient (Wildman–Crippen LogP) is -0.243. The molecule has 98 valence electrons. The van der Waals surface area contributed by atoms with Crippen LogP contribution in [0, 0.1) is 0 Å². The minimum absolute atomic E-state index is 0.299. The Morgan fingerprint density at radius 3 is 2.24 bits per heavy atom. The van der Waals surface area contributed by atoms with Crippen molar-refractivity contribution in [2.75, 3.05) is 13.1 Å². The van der Waals surface area contributed by atoms with Gasteiger partial charge in [0.25, 0.3) is 0 Å². The monoisotopic (exact) mass is 245 g/mol. The summed E-state index contributed by atoms with van der Waals surface area (Å²) in [6.07, 6.45) is 0.623. The fourth-order valence-corrected chi connectivity index (χ4v) is 1.09. The molecule has 0 unspecified atom stereocenters. The Bertz CT molecular complexity index is 315. The molecular weight excluding hydrogens is 226 g/mol. The summed E-state index contributed by atoms with van der Waals surface area (Å²) in [5.74, 6) is -1.79. The van der Waals surface area contributed by atoms with Gasteiger partial charge < -0.3 is 21.1 Å². The van der Waals surface area contributed by atoms with Crippen LogP contribution in [0.25, 0.3) is 0 Å². The molecule has 0 aromatic rings. The number of hydrogen-bond donors (Lipinski definition) is 3. The number of carboxylic acids is 1. The van der Waals surface area contributed by atoms with E-state index in [1.54, 1.807) is 0 Å². The molecule has 17 heavy (non-hydrogen) atoms. The standard InChI is InChI=1S/C10H19N3O4/c1-4-5-13(6-7(14)15)9(17)12-10(2,3)8(11)16/h4-6H2,1-3H3,(H2,11,16)(H,12,17)(H,14,15). The van der Waals surface area contributed by atoms with Gasteiger partial charge in [0.05, 0.1) is 0 Å². The van der Waals surface area contributed by atoms with Gasteiger partial charge in [0.1, 0.15) is 12.1 Å². The van der Waals surface area contributed by atoms with E-state index in [0.717, 1.165) is 4.90 Å². The third kappa shape index (κ3) is 5.19. The molecule has 7 heteroatoms. The largest absolute Gasteiger partial charge is 0.480 e. The second-order valence-electron chi connectivity index (χ2n) is 4.23. The number of aliphatic carboxylic acids is 1. The highest BCUT2D eigenvalue weighted by Crippen LogP contribution is 2.03. The Kier molecular flexibility index (Phi) is 5.43. The van der Waals surface area contributed by atoms with E-state index in [0.29, 0.717) is 13.0 Å². The number of nitrogens with two attached hydrogens (primary N) is 1. The summed E-state index contributed by atoms with van der Waals surface area (Å²) in [7, 11) is 0. The first kappa shape index (κ1) is 15.2. The van der Waals surface area contributed by atoms with Crippen LogP contribution >= 0.6 is 0 Å². The lowest BCUT2D eigenvalue weighted by atomic mass is 10.1. The highest BCUT2D eigenvalue weighted by molar-refractivity contribution is 5.89. The Morgan fingerprint density at radius 1 is 1.35 bits per heavy atom. The van der Waals surface area contributed by atoms with Crippen molar-refractivity contribution in [3.63, 3.8) is 0 Å². The molecule has 0 aromatic heterocycles. The maximum Gasteiger partial charge on any atom is 0.323 e. The molecule has 0 aliphatic rings. The molecule has 4 N–H and O–H groups in total. The van der Waals surface area contributed by atoms with Gasteiger partial charge >= 0.3 is 12.0 Å². The zero-order valence-electron chi connectivity index (χ0n) is 10.3.